The summed E-state index contributed by atoms with van der Waals surface area (Å²) in [4.78, 5) is 43.4. The van der Waals surface area contributed by atoms with E-state index in [-0.39, 0.29) is 12.5 Å². The lowest BCUT2D eigenvalue weighted by molar-refractivity contribution is -0.124. The van der Waals surface area contributed by atoms with Crippen LogP contribution in [0.25, 0.3) is 11.1 Å². The first-order valence-electron chi connectivity index (χ1n) is 10.2. The molecule has 2 N–H and O–H groups in total. The second kappa shape index (κ2) is 7.70. The summed E-state index contributed by atoms with van der Waals surface area (Å²) in [6.45, 7) is 0.229. The number of aromatic nitrogens is 1. The number of fused-ring (bicyclic) bond motifs is 1. The summed E-state index contributed by atoms with van der Waals surface area (Å²) in [5, 5.41) is 4.97. The summed E-state index contributed by atoms with van der Waals surface area (Å²) < 4.78 is 19.3. The summed E-state index contributed by atoms with van der Waals surface area (Å²) in [5.74, 6) is -0.725. The van der Waals surface area contributed by atoms with E-state index in [1.807, 2.05) is 6.07 Å². The molecule has 1 atom stereocenters. The van der Waals surface area contributed by atoms with Crippen LogP contribution in [0.5, 0.6) is 5.75 Å². The van der Waals surface area contributed by atoms with Crippen LogP contribution in [0.4, 0.5) is 9.18 Å². The molecule has 0 radical (unpaired) electrons. The van der Waals surface area contributed by atoms with Gasteiger partial charge in [-0.1, -0.05) is 30.3 Å². The first-order valence-corrected chi connectivity index (χ1v) is 10.2. The van der Waals surface area contributed by atoms with E-state index in [0.717, 1.165) is 11.8 Å². The highest BCUT2D eigenvalue weighted by atomic mass is 19.1. The number of pyridine rings is 1. The number of halogens is 1. The number of ether oxygens (including phenoxy) is 1. The van der Waals surface area contributed by atoms with Crippen molar-refractivity contribution >= 4 is 17.8 Å². The molecule has 0 spiro atoms. The van der Waals surface area contributed by atoms with Gasteiger partial charge in [-0.2, -0.15) is 0 Å². The van der Waals surface area contributed by atoms with Gasteiger partial charge in [0.2, 0.25) is 0 Å². The van der Waals surface area contributed by atoms with E-state index < -0.39 is 23.3 Å². The number of amides is 4. The lowest BCUT2D eigenvalue weighted by Crippen LogP contribution is -2.52. The van der Waals surface area contributed by atoms with E-state index in [2.05, 4.69) is 15.6 Å². The summed E-state index contributed by atoms with van der Waals surface area (Å²) in [5.41, 5.74) is 1.26. The standard InChI is InChI=1S/C24H19FN4O4/c1-33-17-7-4-15-12-29(21(30)19(15)10-17)13-24(22(31)27-23(32)28-24)16-5-2-14(3-6-16)18-8-9-26-11-20(18)25/h2-11H,12-13H2,1H3,(H2,27,28,31,32)/t24-/m0/s1. The molecular formula is C24H19FN4O4. The second-order valence-corrected chi connectivity index (χ2v) is 7.93. The Morgan fingerprint density at radius 3 is 2.55 bits per heavy atom. The number of hydrogen-bond donors (Lipinski definition) is 2. The van der Waals surface area contributed by atoms with Crippen LogP contribution in [-0.4, -0.2) is 41.4 Å². The maximum Gasteiger partial charge on any atom is 0.322 e. The van der Waals surface area contributed by atoms with Crippen molar-refractivity contribution in [2.75, 3.05) is 13.7 Å². The van der Waals surface area contributed by atoms with Crippen molar-refractivity contribution in [3.05, 3.63) is 83.4 Å². The van der Waals surface area contributed by atoms with Crippen LogP contribution in [0.3, 0.4) is 0 Å². The number of hydrogen-bond acceptors (Lipinski definition) is 5. The lowest BCUT2D eigenvalue weighted by atomic mass is 9.88. The Labute approximate surface area is 188 Å². The highest BCUT2D eigenvalue weighted by Crippen LogP contribution is 2.33. The van der Waals surface area contributed by atoms with Gasteiger partial charge < -0.3 is 15.0 Å². The van der Waals surface area contributed by atoms with Crippen LogP contribution in [0, 0.1) is 5.82 Å². The number of nitrogens with one attached hydrogen (secondary N) is 2. The van der Waals surface area contributed by atoms with E-state index in [0.29, 0.717) is 34.5 Å². The average molecular weight is 446 g/mol. The van der Waals surface area contributed by atoms with Gasteiger partial charge >= 0.3 is 6.03 Å². The monoisotopic (exact) mass is 446 g/mol. The zero-order chi connectivity index (χ0) is 23.2. The predicted octanol–water partition coefficient (Wildman–Crippen LogP) is 2.59. The summed E-state index contributed by atoms with van der Waals surface area (Å²) in [6, 6.07) is 12.8. The van der Waals surface area contributed by atoms with E-state index in [9.17, 15) is 18.8 Å². The van der Waals surface area contributed by atoms with Gasteiger partial charge in [-0.05, 0) is 34.9 Å². The Morgan fingerprint density at radius 1 is 1.09 bits per heavy atom. The minimum atomic E-state index is -1.48. The van der Waals surface area contributed by atoms with Crippen LogP contribution < -0.4 is 15.4 Å². The maximum atomic E-state index is 14.1. The molecule has 3 heterocycles. The Bertz CT molecular complexity index is 1290. The highest BCUT2D eigenvalue weighted by molar-refractivity contribution is 6.08. The number of rotatable bonds is 5. The summed E-state index contributed by atoms with van der Waals surface area (Å²) in [6.07, 6.45) is 2.62. The number of urea groups is 1. The van der Waals surface area contributed by atoms with Crippen molar-refractivity contribution in [2.24, 2.45) is 0 Å². The molecule has 8 nitrogen and oxygen atoms in total. The molecule has 1 fully saturated rings. The molecule has 5 rings (SSSR count). The highest BCUT2D eigenvalue weighted by Gasteiger charge is 2.50. The molecule has 2 aliphatic rings. The van der Waals surface area contributed by atoms with Gasteiger partial charge in [0.25, 0.3) is 11.8 Å². The fourth-order valence-electron chi connectivity index (χ4n) is 4.32. The van der Waals surface area contributed by atoms with Crippen molar-refractivity contribution in [2.45, 2.75) is 12.1 Å². The number of benzene rings is 2. The van der Waals surface area contributed by atoms with Gasteiger partial charge in [-0.3, -0.25) is 19.9 Å². The second-order valence-electron chi connectivity index (χ2n) is 7.93. The molecular weight excluding hydrogens is 427 g/mol. The number of methoxy groups -OCH3 is 1. The van der Waals surface area contributed by atoms with Crippen molar-refractivity contribution in [1.29, 1.82) is 0 Å². The van der Waals surface area contributed by atoms with Crippen LogP contribution in [0.2, 0.25) is 0 Å². The van der Waals surface area contributed by atoms with Crippen molar-refractivity contribution in [1.82, 2.24) is 20.5 Å². The first-order chi connectivity index (χ1) is 15.9. The van der Waals surface area contributed by atoms with Crippen molar-refractivity contribution < 1.29 is 23.5 Å². The topological polar surface area (TPSA) is 101 Å². The van der Waals surface area contributed by atoms with Gasteiger partial charge in [0.15, 0.2) is 5.54 Å². The lowest BCUT2D eigenvalue weighted by Gasteiger charge is -2.31. The number of nitrogens with zero attached hydrogens (tertiary/aromatic N) is 2. The van der Waals surface area contributed by atoms with Crippen LogP contribution in [-0.2, 0) is 16.9 Å². The van der Waals surface area contributed by atoms with Gasteiger partial charge in [0, 0.05) is 23.9 Å². The number of imide groups is 1. The Balaban J connectivity index is 1.49. The van der Waals surface area contributed by atoms with Gasteiger partial charge in [0.1, 0.15) is 11.6 Å². The normalized spacial score (nSPS) is 19.3. The predicted molar refractivity (Wildman–Crippen MR) is 116 cm³/mol. The van der Waals surface area contributed by atoms with Crippen molar-refractivity contribution in [3.63, 3.8) is 0 Å². The largest absolute Gasteiger partial charge is 0.497 e. The van der Waals surface area contributed by atoms with E-state index in [1.165, 1.54) is 18.2 Å². The molecule has 1 aromatic heterocycles. The average Bonchev–Trinajstić information content (AvgIpc) is 3.29. The van der Waals surface area contributed by atoms with Crippen LogP contribution in [0.15, 0.2) is 60.9 Å². The Kier molecular flexibility index (Phi) is 4.81. The fraction of sp³-hybridized carbons (Fsp3) is 0.167. The molecule has 33 heavy (non-hydrogen) atoms. The summed E-state index contributed by atoms with van der Waals surface area (Å²) in [7, 11) is 1.52. The molecule has 0 saturated carbocycles. The molecule has 3 aromatic rings. The van der Waals surface area contributed by atoms with Crippen LogP contribution in [0.1, 0.15) is 21.5 Å². The Hall–Kier alpha value is -4.27. The van der Waals surface area contributed by atoms with Crippen molar-refractivity contribution in [3.8, 4) is 16.9 Å². The zero-order valence-electron chi connectivity index (χ0n) is 17.6. The molecule has 1 saturated heterocycles. The number of carbonyl (C=O) groups excluding carboxylic acids is 3. The fourth-order valence-corrected chi connectivity index (χ4v) is 4.32. The van der Waals surface area contributed by atoms with E-state index in [1.54, 1.807) is 42.5 Å². The molecule has 0 aliphatic carbocycles. The van der Waals surface area contributed by atoms with E-state index >= 15 is 0 Å². The molecule has 9 heteroatoms. The third-order valence-corrected chi connectivity index (χ3v) is 6.03. The SMILES string of the molecule is COc1ccc2c(c1)C(=O)N(C[C@@]1(c3ccc(-c4ccncc4F)cc3)NC(=O)NC1=O)C2. The molecule has 0 bridgehead atoms. The molecule has 4 amide bonds. The van der Waals surface area contributed by atoms with E-state index in [4.69, 9.17) is 4.74 Å². The van der Waals surface area contributed by atoms with Gasteiger partial charge in [0.05, 0.1) is 19.9 Å². The Morgan fingerprint density at radius 2 is 1.88 bits per heavy atom. The minimum absolute atomic E-state index is 0.0661. The molecule has 2 aromatic carbocycles. The molecule has 2 aliphatic heterocycles. The first kappa shape index (κ1) is 20.6. The zero-order valence-corrected chi connectivity index (χ0v) is 17.6. The summed E-state index contributed by atoms with van der Waals surface area (Å²) >= 11 is 0. The van der Waals surface area contributed by atoms with Gasteiger partial charge in [-0.15, -0.1) is 0 Å². The maximum absolute atomic E-state index is 14.1. The quantitative estimate of drug-likeness (QED) is 0.587. The van der Waals surface area contributed by atoms with Crippen LogP contribution >= 0.6 is 0 Å². The minimum Gasteiger partial charge on any atom is -0.497 e. The molecule has 0 unspecified atom stereocenters. The third kappa shape index (κ3) is 3.38. The third-order valence-electron chi connectivity index (χ3n) is 6.03. The molecule has 166 valence electrons. The smallest absolute Gasteiger partial charge is 0.322 e. The number of carbonyl (C=O) groups is 3. The van der Waals surface area contributed by atoms with Gasteiger partial charge in [-0.25, -0.2) is 9.18 Å².